The number of benzene rings is 1. The molecule has 0 bridgehead atoms. The Hall–Kier alpha value is -0.740. The van der Waals surface area contributed by atoms with Crippen LogP contribution in [0.1, 0.15) is 17.3 Å². The van der Waals surface area contributed by atoms with Crippen LogP contribution in [0.3, 0.4) is 0 Å². The van der Waals surface area contributed by atoms with E-state index in [2.05, 4.69) is 10.4 Å². The first kappa shape index (κ1) is 14.7. The third-order valence-corrected chi connectivity index (χ3v) is 4.09. The van der Waals surface area contributed by atoms with Gasteiger partial charge in [-0.1, -0.05) is 40.9 Å². The number of aromatic nitrogens is 2. The Morgan fingerprint density at radius 3 is 2.32 bits per heavy atom. The molecule has 0 spiro atoms. The van der Waals surface area contributed by atoms with E-state index in [0.29, 0.717) is 21.5 Å². The summed E-state index contributed by atoms with van der Waals surface area (Å²) >= 11 is 18.6. The van der Waals surface area contributed by atoms with Crippen LogP contribution in [0.2, 0.25) is 15.1 Å². The molecule has 0 saturated heterocycles. The summed E-state index contributed by atoms with van der Waals surface area (Å²) in [4.78, 5) is 0. The van der Waals surface area contributed by atoms with E-state index in [1.807, 2.05) is 32.3 Å². The van der Waals surface area contributed by atoms with E-state index in [1.54, 1.807) is 10.9 Å². The minimum atomic E-state index is -0.00241. The molecule has 0 fully saturated rings. The second-order valence-electron chi connectivity index (χ2n) is 4.25. The largest absolute Gasteiger partial charge is 0.311 e. The van der Waals surface area contributed by atoms with Gasteiger partial charge in [-0.05, 0) is 31.2 Å². The molecular formula is C13H14Cl3N3. The van der Waals surface area contributed by atoms with Crippen LogP contribution in [0.4, 0.5) is 0 Å². The lowest BCUT2D eigenvalue weighted by molar-refractivity contribution is 0.538. The summed E-state index contributed by atoms with van der Waals surface area (Å²) in [7, 11) is 3.73. The fourth-order valence-corrected chi connectivity index (χ4v) is 2.93. The third-order valence-electron chi connectivity index (χ3n) is 3.09. The van der Waals surface area contributed by atoms with Crippen molar-refractivity contribution in [1.82, 2.24) is 15.1 Å². The van der Waals surface area contributed by atoms with Crippen LogP contribution in [-0.2, 0) is 13.5 Å². The summed E-state index contributed by atoms with van der Waals surface area (Å²) in [5.74, 6) is 0. The first-order valence-electron chi connectivity index (χ1n) is 5.82. The van der Waals surface area contributed by atoms with Gasteiger partial charge in [0.25, 0.3) is 0 Å². The number of rotatable bonds is 4. The molecule has 1 heterocycles. The van der Waals surface area contributed by atoms with Gasteiger partial charge in [0.15, 0.2) is 0 Å². The molecule has 19 heavy (non-hydrogen) atoms. The van der Waals surface area contributed by atoms with Gasteiger partial charge in [0.05, 0.1) is 23.0 Å². The molecular weight excluding hydrogens is 305 g/mol. The maximum Gasteiger partial charge on any atom is 0.0834 e. The molecule has 102 valence electrons. The molecule has 1 N–H and O–H groups in total. The molecule has 0 aliphatic carbocycles. The smallest absolute Gasteiger partial charge is 0.0834 e. The Labute approximate surface area is 127 Å². The molecule has 0 aliphatic rings. The van der Waals surface area contributed by atoms with E-state index in [1.165, 1.54) is 0 Å². The second-order valence-corrected chi connectivity index (χ2v) is 5.47. The van der Waals surface area contributed by atoms with Crippen molar-refractivity contribution in [3.8, 4) is 0 Å². The lowest BCUT2D eigenvalue weighted by Crippen LogP contribution is -2.22. The summed E-state index contributed by atoms with van der Waals surface area (Å²) in [6.45, 7) is 0. The standard InChI is InChI=1S/C13H14Cl3N3/c1-17-12(13-11(16)7-18-19(13)2)6-8-9(14)4-3-5-10(8)15/h3-5,7,12,17H,6H2,1-2H3. The van der Waals surface area contributed by atoms with Crippen LogP contribution in [-0.4, -0.2) is 16.8 Å². The van der Waals surface area contributed by atoms with Gasteiger partial charge in [-0.3, -0.25) is 4.68 Å². The molecule has 6 heteroatoms. The number of likely N-dealkylation sites (N-methyl/N-ethyl adjacent to an activating group) is 1. The summed E-state index contributed by atoms with van der Waals surface area (Å²) in [5.41, 5.74) is 1.82. The molecule has 1 atom stereocenters. The highest BCUT2D eigenvalue weighted by molar-refractivity contribution is 6.36. The van der Waals surface area contributed by atoms with E-state index in [4.69, 9.17) is 34.8 Å². The normalized spacial score (nSPS) is 12.7. The predicted octanol–water partition coefficient (Wildman–Crippen LogP) is 3.88. The fourth-order valence-electron chi connectivity index (χ4n) is 2.08. The van der Waals surface area contributed by atoms with Crippen molar-refractivity contribution < 1.29 is 0 Å². The number of hydrogen-bond acceptors (Lipinski definition) is 2. The summed E-state index contributed by atoms with van der Waals surface area (Å²) in [5, 5.41) is 9.32. The first-order chi connectivity index (χ1) is 9.04. The average molecular weight is 319 g/mol. The van der Waals surface area contributed by atoms with Gasteiger partial charge < -0.3 is 5.32 Å². The van der Waals surface area contributed by atoms with Crippen LogP contribution in [0.5, 0.6) is 0 Å². The van der Waals surface area contributed by atoms with Crippen LogP contribution >= 0.6 is 34.8 Å². The fraction of sp³-hybridized carbons (Fsp3) is 0.308. The molecule has 0 amide bonds. The Morgan fingerprint density at radius 1 is 1.21 bits per heavy atom. The number of nitrogens with one attached hydrogen (secondary N) is 1. The monoisotopic (exact) mass is 317 g/mol. The van der Waals surface area contributed by atoms with Gasteiger partial charge in [0.1, 0.15) is 0 Å². The topological polar surface area (TPSA) is 29.9 Å². The van der Waals surface area contributed by atoms with Gasteiger partial charge in [0, 0.05) is 17.1 Å². The SMILES string of the molecule is CNC(Cc1c(Cl)cccc1Cl)c1c(Cl)cnn1C. The Balaban J connectivity index is 2.35. The van der Waals surface area contributed by atoms with Gasteiger partial charge in [-0.25, -0.2) is 0 Å². The summed E-state index contributed by atoms with van der Waals surface area (Å²) < 4.78 is 1.76. The van der Waals surface area contributed by atoms with Crippen molar-refractivity contribution in [2.75, 3.05) is 7.05 Å². The lowest BCUT2D eigenvalue weighted by Gasteiger charge is -2.18. The second kappa shape index (κ2) is 6.14. The summed E-state index contributed by atoms with van der Waals surface area (Å²) in [6.07, 6.45) is 2.28. The van der Waals surface area contributed by atoms with Crippen molar-refractivity contribution in [2.24, 2.45) is 7.05 Å². The highest BCUT2D eigenvalue weighted by Gasteiger charge is 2.20. The van der Waals surface area contributed by atoms with Crippen LogP contribution < -0.4 is 5.32 Å². The average Bonchev–Trinajstić information content (AvgIpc) is 2.70. The van der Waals surface area contributed by atoms with Gasteiger partial charge in [-0.2, -0.15) is 5.10 Å². The van der Waals surface area contributed by atoms with Gasteiger partial charge in [0.2, 0.25) is 0 Å². The van der Waals surface area contributed by atoms with Crippen LogP contribution in [0, 0.1) is 0 Å². The van der Waals surface area contributed by atoms with Crippen molar-refractivity contribution >= 4 is 34.8 Å². The van der Waals surface area contributed by atoms with Crippen molar-refractivity contribution in [2.45, 2.75) is 12.5 Å². The van der Waals surface area contributed by atoms with Crippen molar-refractivity contribution in [1.29, 1.82) is 0 Å². The van der Waals surface area contributed by atoms with E-state index in [-0.39, 0.29) is 6.04 Å². The molecule has 0 aliphatic heterocycles. The van der Waals surface area contributed by atoms with Crippen LogP contribution in [0.25, 0.3) is 0 Å². The van der Waals surface area contributed by atoms with Gasteiger partial charge in [-0.15, -0.1) is 0 Å². The van der Waals surface area contributed by atoms with Gasteiger partial charge >= 0.3 is 0 Å². The molecule has 1 unspecified atom stereocenters. The van der Waals surface area contributed by atoms with Crippen molar-refractivity contribution in [3.05, 3.63) is 50.7 Å². The van der Waals surface area contributed by atoms with E-state index in [9.17, 15) is 0 Å². The minimum Gasteiger partial charge on any atom is -0.311 e. The molecule has 2 aromatic rings. The zero-order chi connectivity index (χ0) is 14.0. The zero-order valence-corrected chi connectivity index (χ0v) is 12.9. The maximum absolute atomic E-state index is 6.20. The van der Waals surface area contributed by atoms with E-state index >= 15 is 0 Å². The summed E-state index contributed by atoms with van der Waals surface area (Å²) in [6, 6.07) is 5.50. The maximum atomic E-state index is 6.20. The zero-order valence-electron chi connectivity index (χ0n) is 10.6. The number of hydrogen-bond donors (Lipinski definition) is 1. The number of nitrogens with zero attached hydrogens (tertiary/aromatic N) is 2. The molecule has 1 aromatic carbocycles. The quantitative estimate of drug-likeness (QED) is 0.927. The minimum absolute atomic E-state index is 0.00241. The number of halogens is 3. The first-order valence-corrected chi connectivity index (χ1v) is 6.95. The molecule has 3 nitrogen and oxygen atoms in total. The third kappa shape index (κ3) is 3.06. The Morgan fingerprint density at radius 2 is 1.84 bits per heavy atom. The molecule has 0 saturated carbocycles. The number of aryl methyl sites for hydroxylation is 1. The molecule has 2 rings (SSSR count). The van der Waals surface area contributed by atoms with E-state index in [0.717, 1.165) is 11.3 Å². The predicted molar refractivity (Wildman–Crippen MR) is 80.2 cm³/mol. The molecule has 1 aromatic heterocycles. The van der Waals surface area contributed by atoms with Crippen molar-refractivity contribution in [3.63, 3.8) is 0 Å². The highest BCUT2D eigenvalue weighted by Crippen LogP contribution is 2.31. The Bertz CT molecular complexity index is 541. The lowest BCUT2D eigenvalue weighted by atomic mass is 10.0. The highest BCUT2D eigenvalue weighted by atomic mass is 35.5. The van der Waals surface area contributed by atoms with E-state index < -0.39 is 0 Å². The van der Waals surface area contributed by atoms with Crippen LogP contribution in [0.15, 0.2) is 24.4 Å². The molecule has 0 radical (unpaired) electrons. The Kier molecular flexibility index (Phi) is 4.74.